The number of carbonyl (C=O) groups is 1. The van der Waals surface area contributed by atoms with E-state index in [0.717, 1.165) is 16.9 Å². The first-order valence-corrected chi connectivity index (χ1v) is 10.8. The van der Waals surface area contributed by atoms with E-state index in [-0.39, 0.29) is 5.91 Å². The van der Waals surface area contributed by atoms with Gasteiger partial charge < -0.3 is 28.7 Å². The van der Waals surface area contributed by atoms with E-state index in [1.54, 1.807) is 56.7 Å². The summed E-state index contributed by atoms with van der Waals surface area (Å²) in [5.41, 5.74) is 3.96. The predicted octanol–water partition coefficient (Wildman–Crippen LogP) is 4.51. The Morgan fingerprint density at radius 2 is 1.82 bits per heavy atom. The molecule has 0 bridgehead atoms. The van der Waals surface area contributed by atoms with E-state index in [2.05, 4.69) is 10.3 Å². The van der Waals surface area contributed by atoms with Crippen LogP contribution in [0.2, 0.25) is 0 Å². The smallest absolute Gasteiger partial charge is 0.255 e. The molecule has 0 atom stereocenters. The highest BCUT2D eigenvalue weighted by molar-refractivity contribution is 6.04. The molecule has 4 rings (SSSR count). The van der Waals surface area contributed by atoms with Gasteiger partial charge in [0.05, 0.1) is 19.4 Å². The van der Waals surface area contributed by atoms with Gasteiger partial charge in [0.15, 0.2) is 11.5 Å². The fourth-order valence-corrected chi connectivity index (χ4v) is 3.44. The maximum absolute atomic E-state index is 12.7. The van der Waals surface area contributed by atoms with E-state index in [0.29, 0.717) is 48.3 Å². The van der Waals surface area contributed by atoms with Crippen LogP contribution in [0.15, 0.2) is 67.0 Å². The van der Waals surface area contributed by atoms with E-state index in [1.165, 1.54) is 0 Å². The third-order valence-corrected chi connectivity index (χ3v) is 5.20. The van der Waals surface area contributed by atoms with Gasteiger partial charge >= 0.3 is 0 Å². The minimum Gasteiger partial charge on any atom is -0.493 e. The summed E-state index contributed by atoms with van der Waals surface area (Å²) < 4.78 is 23.8. The maximum Gasteiger partial charge on any atom is 0.255 e. The van der Waals surface area contributed by atoms with Crippen molar-refractivity contribution in [2.24, 2.45) is 0 Å². The number of hydrogen-bond acceptors (Lipinski definition) is 6. The molecule has 0 saturated carbocycles. The number of aromatic nitrogens is 2. The summed E-state index contributed by atoms with van der Waals surface area (Å²) in [4.78, 5) is 17.3. The summed E-state index contributed by atoms with van der Waals surface area (Å²) >= 11 is 0. The van der Waals surface area contributed by atoms with Gasteiger partial charge in [-0.25, -0.2) is 4.98 Å². The van der Waals surface area contributed by atoms with Crippen molar-refractivity contribution >= 4 is 17.2 Å². The first kappa shape index (κ1) is 23.1. The summed E-state index contributed by atoms with van der Waals surface area (Å²) in [5, 5.41) is 2.88. The van der Waals surface area contributed by atoms with Gasteiger partial charge in [0.25, 0.3) is 5.91 Å². The number of hydrogen-bond donors (Lipinski definition) is 1. The van der Waals surface area contributed by atoms with Crippen LogP contribution >= 0.6 is 0 Å². The average Bonchev–Trinajstić information content (AvgIpc) is 3.28. The molecule has 0 radical (unpaired) electrons. The lowest BCUT2D eigenvalue weighted by Crippen LogP contribution is -2.12. The molecule has 4 aromatic rings. The van der Waals surface area contributed by atoms with Crippen molar-refractivity contribution in [1.82, 2.24) is 9.38 Å². The Balaban J connectivity index is 1.37. The average molecular weight is 462 g/mol. The van der Waals surface area contributed by atoms with Crippen molar-refractivity contribution in [2.75, 3.05) is 32.8 Å². The normalized spacial score (nSPS) is 10.8. The largest absolute Gasteiger partial charge is 0.493 e. The molecule has 0 saturated heterocycles. The molecule has 176 valence electrons. The number of pyridine rings is 1. The van der Waals surface area contributed by atoms with Gasteiger partial charge in [-0.15, -0.1) is 0 Å². The first-order valence-electron chi connectivity index (χ1n) is 10.8. The second-order valence-corrected chi connectivity index (χ2v) is 7.63. The van der Waals surface area contributed by atoms with Gasteiger partial charge in [-0.3, -0.25) is 4.79 Å². The quantitative estimate of drug-likeness (QED) is 0.350. The Morgan fingerprint density at radius 3 is 2.56 bits per heavy atom. The Labute approximate surface area is 198 Å². The van der Waals surface area contributed by atoms with Crippen LogP contribution in [0.4, 0.5) is 5.69 Å². The van der Waals surface area contributed by atoms with Gasteiger partial charge in [0.2, 0.25) is 0 Å². The molecular weight excluding hydrogens is 434 g/mol. The van der Waals surface area contributed by atoms with Crippen molar-refractivity contribution in [3.63, 3.8) is 0 Å². The minimum absolute atomic E-state index is 0.240. The lowest BCUT2D eigenvalue weighted by atomic mass is 10.2. The third kappa shape index (κ3) is 5.47. The molecule has 0 fully saturated rings. The highest BCUT2D eigenvalue weighted by Crippen LogP contribution is 2.30. The SMILES string of the molecule is COCCOc1cc(NC(=O)c2ccc(OCc3cn4cccc(C)c4n3)cc2)ccc1OC. The van der Waals surface area contributed by atoms with E-state index >= 15 is 0 Å². The lowest BCUT2D eigenvalue weighted by Gasteiger charge is -2.13. The van der Waals surface area contributed by atoms with E-state index < -0.39 is 0 Å². The van der Waals surface area contributed by atoms with Gasteiger partial charge in [-0.05, 0) is 55.0 Å². The molecular formula is C26H27N3O5. The molecule has 2 heterocycles. The van der Waals surface area contributed by atoms with Crippen LogP contribution in [0.1, 0.15) is 21.6 Å². The minimum atomic E-state index is -0.240. The fourth-order valence-electron chi connectivity index (χ4n) is 3.44. The number of nitrogens with one attached hydrogen (secondary N) is 1. The van der Waals surface area contributed by atoms with Crippen molar-refractivity contribution in [1.29, 1.82) is 0 Å². The number of imidazole rings is 1. The number of ether oxygens (including phenoxy) is 4. The topological polar surface area (TPSA) is 83.3 Å². The highest BCUT2D eigenvalue weighted by atomic mass is 16.5. The Bertz CT molecular complexity index is 1270. The van der Waals surface area contributed by atoms with Crippen molar-refractivity contribution in [3.05, 3.63) is 83.8 Å². The standard InChI is InChI=1S/C26H27N3O5/c1-18-5-4-12-29-16-21(27-25(18)29)17-34-22-9-6-19(7-10-22)26(30)28-20-8-11-23(32-3)24(15-20)33-14-13-31-2/h4-12,15-16H,13-14,17H2,1-3H3,(H,28,30). The number of carbonyl (C=O) groups excluding carboxylic acids is 1. The second-order valence-electron chi connectivity index (χ2n) is 7.63. The van der Waals surface area contributed by atoms with E-state index in [1.807, 2.05) is 35.9 Å². The molecule has 1 amide bonds. The molecule has 0 unspecified atom stereocenters. The Kier molecular flexibility index (Phi) is 7.29. The summed E-state index contributed by atoms with van der Waals surface area (Å²) in [6.45, 7) is 3.19. The number of methoxy groups -OCH3 is 2. The number of fused-ring (bicyclic) bond motifs is 1. The van der Waals surface area contributed by atoms with Gasteiger partial charge in [0.1, 0.15) is 24.6 Å². The number of rotatable bonds is 10. The zero-order valence-electron chi connectivity index (χ0n) is 19.4. The number of benzene rings is 2. The molecule has 8 nitrogen and oxygen atoms in total. The second kappa shape index (κ2) is 10.7. The Hall–Kier alpha value is -4.04. The van der Waals surface area contributed by atoms with Crippen LogP contribution in [0.25, 0.3) is 5.65 Å². The van der Waals surface area contributed by atoms with Gasteiger partial charge in [0, 0.05) is 36.8 Å². The van der Waals surface area contributed by atoms with Crippen molar-refractivity contribution in [2.45, 2.75) is 13.5 Å². The molecule has 0 aliphatic heterocycles. The number of aryl methyl sites for hydroxylation is 1. The predicted molar refractivity (Wildman–Crippen MR) is 129 cm³/mol. The van der Waals surface area contributed by atoms with E-state index in [9.17, 15) is 4.79 Å². The molecule has 0 aliphatic rings. The third-order valence-electron chi connectivity index (χ3n) is 5.20. The first-order chi connectivity index (χ1) is 16.6. The molecule has 2 aromatic heterocycles. The molecule has 1 N–H and O–H groups in total. The van der Waals surface area contributed by atoms with E-state index in [4.69, 9.17) is 18.9 Å². The molecule has 8 heteroatoms. The van der Waals surface area contributed by atoms with Crippen LogP contribution < -0.4 is 19.5 Å². The Morgan fingerprint density at radius 1 is 1.00 bits per heavy atom. The molecule has 0 spiro atoms. The number of nitrogens with zero attached hydrogens (tertiary/aromatic N) is 2. The zero-order chi connectivity index (χ0) is 23.9. The van der Waals surface area contributed by atoms with Gasteiger partial charge in [-0.1, -0.05) is 6.07 Å². The summed E-state index contributed by atoms with van der Waals surface area (Å²) in [6, 6.07) is 16.2. The molecule has 2 aromatic carbocycles. The van der Waals surface area contributed by atoms with Crippen LogP contribution in [0.5, 0.6) is 17.2 Å². The van der Waals surface area contributed by atoms with Crippen LogP contribution in [-0.4, -0.2) is 42.7 Å². The highest BCUT2D eigenvalue weighted by Gasteiger charge is 2.11. The molecule has 34 heavy (non-hydrogen) atoms. The monoisotopic (exact) mass is 461 g/mol. The number of anilines is 1. The van der Waals surface area contributed by atoms with Crippen LogP contribution in [0.3, 0.4) is 0 Å². The summed E-state index contributed by atoms with van der Waals surface area (Å²) in [7, 11) is 3.17. The van der Waals surface area contributed by atoms with Crippen LogP contribution in [-0.2, 0) is 11.3 Å². The summed E-state index contributed by atoms with van der Waals surface area (Å²) in [6.07, 6.45) is 3.91. The summed E-state index contributed by atoms with van der Waals surface area (Å²) in [5.74, 6) is 1.53. The lowest BCUT2D eigenvalue weighted by molar-refractivity contribution is 0.102. The molecule has 0 aliphatic carbocycles. The van der Waals surface area contributed by atoms with Crippen molar-refractivity contribution in [3.8, 4) is 17.2 Å². The zero-order valence-corrected chi connectivity index (χ0v) is 19.4. The maximum atomic E-state index is 12.7. The van der Waals surface area contributed by atoms with Gasteiger partial charge in [-0.2, -0.15) is 0 Å². The van der Waals surface area contributed by atoms with Crippen molar-refractivity contribution < 1.29 is 23.7 Å². The fraction of sp³-hybridized carbons (Fsp3) is 0.231. The van der Waals surface area contributed by atoms with Crippen LogP contribution in [0, 0.1) is 6.92 Å². The number of amides is 1.